The zero-order valence-electron chi connectivity index (χ0n) is 15.1. The van der Waals surface area contributed by atoms with Gasteiger partial charge in [0.15, 0.2) is 5.41 Å². The molecule has 0 saturated carbocycles. The Morgan fingerprint density at radius 1 is 0.960 bits per heavy atom. The maximum Gasteiger partial charge on any atom is 0.337 e. The summed E-state index contributed by atoms with van der Waals surface area (Å²) in [5.41, 5.74) is 0.175. The predicted molar refractivity (Wildman–Crippen MR) is 92.8 cm³/mol. The van der Waals surface area contributed by atoms with Crippen molar-refractivity contribution in [1.82, 2.24) is 0 Å². The minimum Gasteiger partial charge on any atom is -0.465 e. The van der Waals surface area contributed by atoms with Crippen LogP contribution in [0.2, 0.25) is 0 Å². The minimum absolute atomic E-state index is 0.0439. The first-order valence-corrected chi connectivity index (χ1v) is 8.01. The molecule has 0 heterocycles. The second-order valence-electron chi connectivity index (χ2n) is 5.62. The summed E-state index contributed by atoms with van der Waals surface area (Å²) in [4.78, 5) is 36.1. The second-order valence-corrected chi connectivity index (χ2v) is 5.62. The molecular weight excluding hydrogens is 324 g/mol. The number of hydrogen-bond acceptors (Lipinski definition) is 6. The second kappa shape index (κ2) is 9.01. The summed E-state index contributed by atoms with van der Waals surface area (Å²) in [5.74, 6) is -1.75. The SMILES string of the molecule is C=C(CC(C)(C(=O)OCC)C(=O)OCC)c1ccc(C(=O)OC)cc1. The van der Waals surface area contributed by atoms with Crippen molar-refractivity contribution < 1.29 is 28.6 Å². The third-order valence-electron chi connectivity index (χ3n) is 3.73. The third kappa shape index (κ3) is 4.92. The fourth-order valence-electron chi connectivity index (χ4n) is 2.30. The fourth-order valence-corrected chi connectivity index (χ4v) is 2.30. The van der Waals surface area contributed by atoms with E-state index in [0.29, 0.717) is 16.7 Å². The lowest BCUT2D eigenvalue weighted by atomic mass is 9.82. The van der Waals surface area contributed by atoms with Crippen molar-refractivity contribution in [2.24, 2.45) is 5.41 Å². The van der Waals surface area contributed by atoms with Crippen LogP contribution >= 0.6 is 0 Å². The van der Waals surface area contributed by atoms with Crippen molar-refractivity contribution in [2.45, 2.75) is 27.2 Å². The normalized spacial score (nSPS) is 10.7. The lowest BCUT2D eigenvalue weighted by Crippen LogP contribution is -2.39. The molecule has 0 N–H and O–H groups in total. The topological polar surface area (TPSA) is 78.9 Å². The van der Waals surface area contributed by atoms with E-state index < -0.39 is 23.3 Å². The summed E-state index contributed by atoms with van der Waals surface area (Å²) in [5, 5.41) is 0. The monoisotopic (exact) mass is 348 g/mol. The van der Waals surface area contributed by atoms with E-state index in [4.69, 9.17) is 9.47 Å². The van der Waals surface area contributed by atoms with E-state index in [2.05, 4.69) is 11.3 Å². The van der Waals surface area contributed by atoms with Gasteiger partial charge in [0.25, 0.3) is 0 Å². The van der Waals surface area contributed by atoms with Crippen LogP contribution in [0.1, 0.15) is 43.1 Å². The molecule has 1 aromatic rings. The highest BCUT2D eigenvalue weighted by molar-refractivity contribution is 6.01. The van der Waals surface area contributed by atoms with Gasteiger partial charge in [-0.1, -0.05) is 18.7 Å². The number of allylic oxidation sites excluding steroid dienone is 1. The number of esters is 3. The number of rotatable bonds is 8. The number of methoxy groups -OCH3 is 1. The van der Waals surface area contributed by atoms with Gasteiger partial charge in [0, 0.05) is 0 Å². The van der Waals surface area contributed by atoms with Gasteiger partial charge in [-0.25, -0.2) is 4.79 Å². The quantitative estimate of drug-likeness (QED) is 0.408. The lowest BCUT2D eigenvalue weighted by molar-refractivity contribution is -0.170. The molecule has 0 bridgehead atoms. The average molecular weight is 348 g/mol. The molecule has 136 valence electrons. The standard InChI is InChI=1S/C19H24O6/c1-6-24-17(21)19(4,18(22)25-7-2)12-13(3)14-8-10-15(11-9-14)16(20)23-5/h8-11H,3,6-7,12H2,1-2,4-5H3. The lowest BCUT2D eigenvalue weighted by Gasteiger charge is -2.26. The summed E-state index contributed by atoms with van der Waals surface area (Å²) in [6.07, 6.45) is 0.0439. The summed E-state index contributed by atoms with van der Waals surface area (Å²) >= 11 is 0. The van der Waals surface area contributed by atoms with Crippen LogP contribution in [0.25, 0.3) is 5.57 Å². The predicted octanol–water partition coefficient (Wildman–Crippen LogP) is 3.01. The van der Waals surface area contributed by atoms with Crippen molar-refractivity contribution >= 4 is 23.5 Å². The van der Waals surface area contributed by atoms with Crippen LogP contribution < -0.4 is 0 Å². The van der Waals surface area contributed by atoms with Gasteiger partial charge in [0.05, 0.1) is 25.9 Å². The van der Waals surface area contributed by atoms with Gasteiger partial charge in [-0.05, 0) is 50.5 Å². The zero-order chi connectivity index (χ0) is 19.0. The maximum atomic E-state index is 12.3. The molecule has 0 aliphatic carbocycles. The first kappa shape index (κ1) is 20.4. The van der Waals surface area contributed by atoms with Crippen molar-refractivity contribution in [2.75, 3.05) is 20.3 Å². The van der Waals surface area contributed by atoms with Crippen molar-refractivity contribution in [1.29, 1.82) is 0 Å². The van der Waals surface area contributed by atoms with Crippen LogP contribution in [0, 0.1) is 5.41 Å². The molecule has 0 unspecified atom stereocenters. The Hall–Kier alpha value is -2.63. The van der Waals surface area contributed by atoms with E-state index in [0.717, 1.165) is 0 Å². The van der Waals surface area contributed by atoms with E-state index in [1.54, 1.807) is 38.1 Å². The molecule has 0 amide bonds. The molecule has 1 aromatic carbocycles. The van der Waals surface area contributed by atoms with E-state index in [1.807, 2.05) is 0 Å². The van der Waals surface area contributed by atoms with Crippen LogP contribution in [0.3, 0.4) is 0 Å². The van der Waals surface area contributed by atoms with Gasteiger partial charge >= 0.3 is 17.9 Å². The summed E-state index contributed by atoms with van der Waals surface area (Å²) in [7, 11) is 1.30. The number of carbonyl (C=O) groups is 3. The van der Waals surface area contributed by atoms with Gasteiger partial charge in [-0.3, -0.25) is 9.59 Å². The Kier molecular flexibility index (Phi) is 7.36. The van der Waals surface area contributed by atoms with Gasteiger partial charge in [-0.15, -0.1) is 0 Å². The average Bonchev–Trinajstić information content (AvgIpc) is 2.61. The number of carbonyl (C=O) groups excluding carboxylic acids is 3. The van der Waals surface area contributed by atoms with Gasteiger partial charge in [-0.2, -0.15) is 0 Å². The van der Waals surface area contributed by atoms with Crippen LogP contribution in [0.5, 0.6) is 0 Å². The molecule has 6 nitrogen and oxygen atoms in total. The molecule has 0 radical (unpaired) electrons. The van der Waals surface area contributed by atoms with Crippen molar-refractivity contribution in [3.05, 3.63) is 42.0 Å². The highest BCUT2D eigenvalue weighted by Gasteiger charge is 2.44. The van der Waals surface area contributed by atoms with Gasteiger partial charge < -0.3 is 14.2 Å². The first-order chi connectivity index (χ1) is 11.8. The molecule has 0 aliphatic rings. The smallest absolute Gasteiger partial charge is 0.337 e. The Bertz CT molecular complexity index is 626. The Morgan fingerprint density at radius 2 is 1.40 bits per heavy atom. The molecule has 0 spiro atoms. The molecule has 25 heavy (non-hydrogen) atoms. The molecule has 0 aliphatic heterocycles. The molecule has 0 aromatic heterocycles. The fraction of sp³-hybridized carbons (Fsp3) is 0.421. The highest BCUT2D eigenvalue weighted by atomic mass is 16.6. The Morgan fingerprint density at radius 3 is 1.80 bits per heavy atom. The van der Waals surface area contributed by atoms with Gasteiger partial charge in [0.2, 0.25) is 0 Å². The summed E-state index contributed by atoms with van der Waals surface area (Å²) in [6, 6.07) is 6.56. The van der Waals surface area contributed by atoms with Crippen LogP contribution in [0.15, 0.2) is 30.8 Å². The number of hydrogen-bond donors (Lipinski definition) is 0. The number of benzene rings is 1. The molecular formula is C19H24O6. The largest absolute Gasteiger partial charge is 0.465 e. The van der Waals surface area contributed by atoms with Crippen molar-refractivity contribution in [3.63, 3.8) is 0 Å². The van der Waals surface area contributed by atoms with E-state index in [1.165, 1.54) is 14.0 Å². The molecule has 0 fully saturated rings. The third-order valence-corrected chi connectivity index (χ3v) is 3.73. The van der Waals surface area contributed by atoms with Gasteiger partial charge in [0.1, 0.15) is 0 Å². The van der Waals surface area contributed by atoms with Crippen LogP contribution in [-0.4, -0.2) is 38.2 Å². The van der Waals surface area contributed by atoms with E-state index in [-0.39, 0.29) is 19.6 Å². The van der Waals surface area contributed by atoms with E-state index >= 15 is 0 Å². The maximum absolute atomic E-state index is 12.3. The number of ether oxygens (including phenoxy) is 3. The molecule has 0 saturated heterocycles. The zero-order valence-corrected chi connectivity index (χ0v) is 15.1. The first-order valence-electron chi connectivity index (χ1n) is 8.01. The Labute approximate surface area is 147 Å². The summed E-state index contributed by atoms with van der Waals surface area (Å²) < 4.78 is 14.7. The van der Waals surface area contributed by atoms with E-state index in [9.17, 15) is 14.4 Å². The minimum atomic E-state index is -1.48. The molecule has 1 rings (SSSR count). The Balaban J connectivity index is 3.03. The van der Waals surface area contributed by atoms with Crippen LogP contribution in [-0.2, 0) is 23.8 Å². The van der Waals surface area contributed by atoms with Crippen LogP contribution in [0.4, 0.5) is 0 Å². The highest BCUT2D eigenvalue weighted by Crippen LogP contribution is 2.33. The summed E-state index contributed by atoms with van der Waals surface area (Å²) in [6.45, 7) is 9.10. The van der Waals surface area contributed by atoms with Crippen molar-refractivity contribution in [3.8, 4) is 0 Å². The molecule has 0 atom stereocenters. The molecule has 6 heteroatoms.